The highest BCUT2D eigenvalue weighted by molar-refractivity contribution is 7.91. The molecule has 1 amide bonds. The van der Waals surface area contributed by atoms with Gasteiger partial charge in [0.1, 0.15) is 5.82 Å². The van der Waals surface area contributed by atoms with Crippen LogP contribution in [0.4, 0.5) is 5.82 Å². The summed E-state index contributed by atoms with van der Waals surface area (Å²) >= 11 is 0. The number of aromatic nitrogens is 2. The van der Waals surface area contributed by atoms with E-state index >= 15 is 0 Å². The molecule has 1 N–H and O–H groups in total. The molecule has 0 fully saturated rings. The van der Waals surface area contributed by atoms with Crippen molar-refractivity contribution < 1.29 is 13.2 Å². The second-order valence-electron chi connectivity index (χ2n) is 8.28. The van der Waals surface area contributed by atoms with Gasteiger partial charge in [0.25, 0.3) is 0 Å². The van der Waals surface area contributed by atoms with Gasteiger partial charge in [0, 0.05) is 12.0 Å². The van der Waals surface area contributed by atoms with Crippen LogP contribution < -0.4 is 5.32 Å². The summed E-state index contributed by atoms with van der Waals surface area (Å²) in [7, 11) is -3.51. The third-order valence-electron chi connectivity index (χ3n) is 6.19. The van der Waals surface area contributed by atoms with Gasteiger partial charge < -0.3 is 5.32 Å². The van der Waals surface area contributed by atoms with Crippen LogP contribution in [0, 0.1) is 0 Å². The lowest BCUT2D eigenvalue weighted by molar-refractivity contribution is -0.115. The number of para-hydroxylation sites is 1. The number of nitrogens with zero attached hydrogens (tertiary/aromatic N) is 2. The molecule has 6 nitrogen and oxygen atoms in total. The van der Waals surface area contributed by atoms with Gasteiger partial charge >= 0.3 is 0 Å². The second-order valence-corrected chi connectivity index (χ2v) is 10.4. The number of anilines is 1. The average Bonchev–Trinajstić information content (AvgIpc) is 3.50. The number of aryl methyl sites for hydroxylation is 3. The molecule has 7 heteroatoms. The van der Waals surface area contributed by atoms with E-state index in [4.69, 9.17) is 0 Å². The normalized spacial score (nSPS) is 15.0. The maximum Gasteiger partial charge on any atom is 0.226 e. The number of nitrogens with one attached hydrogen (secondary N) is 1. The van der Waals surface area contributed by atoms with Crippen LogP contribution in [0.15, 0.2) is 53.4 Å². The van der Waals surface area contributed by atoms with E-state index in [2.05, 4.69) is 10.4 Å². The van der Waals surface area contributed by atoms with Crippen molar-refractivity contribution in [1.29, 1.82) is 0 Å². The zero-order valence-electron chi connectivity index (χ0n) is 17.3. The van der Waals surface area contributed by atoms with E-state index in [0.29, 0.717) is 10.7 Å². The molecular weight excluding hydrogens is 410 g/mol. The standard InChI is InChI=1S/C24H25N3O3S/c28-23(14-15-31(29,30)20-13-12-17-6-4-7-18(17)16-20)25-24-21-10-5-11-22(21)26-27(24)19-8-2-1-3-9-19/h1-3,8-9,12-13,16H,4-7,10-11,14-15H2,(H,25,28). The third-order valence-corrected chi connectivity index (χ3v) is 7.91. The summed E-state index contributed by atoms with van der Waals surface area (Å²) in [5.41, 5.74) is 5.29. The summed E-state index contributed by atoms with van der Waals surface area (Å²) in [6, 6.07) is 15.0. The topological polar surface area (TPSA) is 81.1 Å². The Labute approximate surface area is 182 Å². The lowest BCUT2D eigenvalue weighted by atomic mass is 10.1. The van der Waals surface area contributed by atoms with Crippen LogP contribution in [-0.2, 0) is 40.3 Å². The molecule has 1 heterocycles. The molecule has 2 aliphatic rings. The first-order chi connectivity index (χ1) is 15.0. The molecule has 2 aromatic carbocycles. The van der Waals surface area contributed by atoms with E-state index in [1.807, 2.05) is 36.4 Å². The predicted molar refractivity (Wildman–Crippen MR) is 119 cm³/mol. The van der Waals surface area contributed by atoms with E-state index in [0.717, 1.165) is 61.0 Å². The zero-order valence-corrected chi connectivity index (χ0v) is 18.1. The Bertz CT molecular complexity index is 1250. The maximum absolute atomic E-state index is 12.8. The summed E-state index contributed by atoms with van der Waals surface area (Å²) < 4.78 is 27.4. The lowest BCUT2D eigenvalue weighted by Crippen LogP contribution is -2.20. The van der Waals surface area contributed by atoms with Crippen LogP contribution in [0.2, 0.25) is 0 Å². The van der Waals surface area contributed by atoms with E-state index in [-0.39, 0.29) is 18.1 Å². The number of hydrogen-bond donors (Lipinski definition) is 1. The van der Waals surface area contributed by atoms with Gasteiger partial charge in [0.15, 0.2) is 9.84 Å². The van der Waals surface area contributed by atoms with Gasteiger partial charge in [0.05, 0.1) is 22.0 Å². The number of rotatable bonds is 6. The minimum atomic E-state index is -3.51. The first-order valence-corrected chi connectivity index (χ1v) is 12.5. The van der Waals surface area contributed by atoms with Crippen LogP contribution in [0.3, 0.4) is 0 Å². The highest BCUT2D eigenvalue weighted by atomic mass is 32.2. The van der Waals surface area contributed by atoms with Crippen molar-refractivity contribution in [1.82, 2.24) is 9.78 Å². The number of carbonyl (C=O) groups excluding carboxylic acids is 1. The van der Waals surface area contributed by atoms with Crippen LogP contribution in [0.1, 0.15) is 41.6 Å². The van der Waals surface area contributed by atoms with Crippen LogP contribution in [0.25, 0.3) is 5.69 Å². The summed E-state index contributed by atoms with van der Waals surface area (Å²) in [5, 5.41) is 7.64. The monoisotopic (exact) mass is 435 g/mol. The molecule has 0 radical (unpaired) electrons. The lowest BCUT2D eigenvalue weighted by Gasteiger charge is -2.11. The second kappa shape index (κ2) is 7.96. The van der Waals surface area contributed by atoms with Gasteiger partial charge in [-0.25, -0.2) is 13.1 Å². The zero-order chi connectivity index (χ0) is 21.4. The average molecular weight is 436 g/mol. The van der Waals surface area contributed by atoms with E-state index in [9.17, 15) is 13.2 Å². The first kappa shape index (κ1) is 20.0. The fourth-order valence-corrected chi connectivity index (χ4v) is 5.84. The molecule has 0 saturated heterocycles. The Morgan fingerprint density at radius 2 is 1.74 bits per heavy atom. The number of benzene rings is 2. The van der Waals surface area contributed by atoms with Gasteiger partial charge in [0.2, 0.25) is 5.91 Å². The summed E-state index contributed by atoms with van der Waals surface area (Å²) in [6.07, 6.45) is 5.69. The number of sulfone groups is 1. The molecule has 3 aromatic rings. The molecule has 0 saturated carbocycles. The van der Waals surface area contributed by atoms with Crippen LogP contribution in [-0.4, -0.2) is 29.9 Å². The summed E-state index contributed by atoms with van der Waals surface area (Å²) in [4.78, 5) is 13.1. The van der Waals surface area contributed by atoms with E-state index < -0.39 is 9.84 Å². The Hall–Kier alpha value is -2.93. The van der Waals surface area contributed by atoms with Gasteiger partial charge in [-0.2, -0.15) is 5.10 Å². The van der Waals surface area contributed by atoms with Crippen molar-refractivity contribution in [3.63, 3.8) is 0 Å². The van der Waals surface area contributed by atoms with Gasteiger partial charge in [-0.05, 0) is 73.9 Å². The number of hydrogen-bond acceptors (Lipinski definition) is 4. The number of amides is 1. The van der Waals surface area contributed by atoms with Gasteiger partial charge in [-0.1, -0.05) is 24.3 Å². The molecule has 0 spiro atoms. The van der Waals surface area contributed by atoms with Crippen molar-refractivity contribution in [2.24, 2.45) is 0 Å². The molecular formula is C24H25N3O3S. The van der Waals surface area contributed by atoms with Crippen LogP contribution in [0.5, 0.6) is 0 Å². The molecule has 2 aliphatic carbocycles. The first-order valence-electron chi connectivity index (χ1n) is 10.8. The highest BCUT2D eigenvalue weighted by Crippen LogP contribution is 2.31. The fraction of sp³-hybridized carbons (Fsp3) is 0.333. The molecule has 0 bridgehead atoms. The van der Waals surface area contributed by atoms with Crippen molar-refractivity contribution in [3.05, 3.63) is 70.9 Å². The fourth-order valence-electron chi connectivity index (χ4n) is 4.56. The largest absolute Gasteiger partial charge is 0.310 e. The Balaban J connectivity index is 1.32. The number of carbonyl (C=O) groups is 1. The molecule has 160 valence electrons. The van der Waals surface area contributed by atoms with Gasteiger partial charge in [-0.15, -0.1) is 0 Å². The van der Waals surface area contributed by atoms with Crippen molar-refractivity contribution >= 4 is 21.6 Å². The van der Waals surface area contributed by atoms with E-state index in [1.54, 1.807) is 16.8 Å². The van der Waals surface area contributed by atoms with Crippen molar-refractivity contribution in [2.45, 2.75) is 49.8 Å². The predicted octanol–water partition coefficient (Wildman–Crippen LogP) is 3.65. The smallest absolute Gasteiger partial charge is 0.226 e. The molecule has 0 unspecified atom stereocenters. The summed E-state index contributed by atoms with van der Waals surface area (Å²) in [5.74, 6) is 0.148. The SMILES string of the molecule is O=C(CCS(=O)(=O)c1ccc2c(c1)CCC2)Nc1c2c(nn1-c1ccccc1)CCC2. The number of fused-ring (bicyclic) bond motifs is 2. The molecule has 0 aliphatic heterocycles. The molecule has 5 rings (SSSR count). The Morgan fingerprint density at radius 1 is 0.968 bits per heavy atom. The summed E-state index contributed by atoms with van der Waals surface area (Å²) in [6.45, 7) is 0. The third kappa shape index (κ3) is 3.90. The quantitative estimate of drug-likeness (QED) is 0.641. The maximum atomic E-state index is 12.8. The van der Waals surface area contributed by atoms with Crippen molar-refractivity contribution in [2.75, 3.05) is 11.1 Å². The Kier molecular flexibility index (Phi) is 5.14. The van der Waals surface area contributed by atoms with Crippen molar-refractivity contribution in [3.8, 4) is 5.69 Å². The minimum absolute atomic E-state index is 0.0891. The van der Waals surface area contributed by atoms with Crippen LogP contribution >= 0.6 is 0 Å². The highest BCUT2D eigenvalue weighted by Gasteiger charge is 2.25. The molecule has 31 heavy (non-hydrogen) atoms. The minimum Gasteiger partial charge on any atom is -0.310 e. The van der Waals surface area contributed by atoms with Gasteiger partial charge in [-0.3, -0.25) is 4.79 Å². The van der Waals surface area contributed by atoms with E-state index in [1.165, 1.54) is 5.56 Å². The molecule has 1 aromatic heterocycles. The Morgan fingerprint density at radius 3 is 2.58 bits per heavy atom. The molecule has 0 atom stereocenters.